The van der Waals surface area contributed by atoms with E-state index < -0.39 is 0 Å². The van der Waals surface area contributed by atoms with Crippen LogP contribution in [0, 0.1) is 12.7 Å². The molecule has 0 unspecified atom stereocenters. The molecule has 0 atom stereocenters. The number of halogens is 1. The lowest BCUT2D eigenvalue weighted by Gasteiger charge is -2.08. The Morgan fingerprint density at radius 1 is 1.12 bits per heavy atom. The molecule has 1 N–H and O–H groups in total. The van der Waals surface area contributed by atoms with E-state index in [1.807, 2.05) is 30.3 Å². The Morgan fingerprint density at radius 2 is 1.92 bits per heavy atom. The molecule has 3 rings (SSSR count). The highest BCUT2D eigenvalue weighted by Crippen LogP contribution is 2.15. The second-order valence-electron chi connectivity index (χ2n) is 5.61. The molecule has 0 aliphatic carbocycles. The molecule has 2 aromatic carbocycles. The van der Waals surface area contributed by atoms with Crippen LogP contribution in [0.4, 0.5) is 10.1 Å². The smallest absolute Gasteiger partial charge is 0.257 e. The summed E-state index contributed by atoms with van der Waals surface area (Å²) in [6, 6.07) is 17.2. The van der Waals surface area contributed by atoms with Crippen molar-refractivity contribution in [3.8, 4) is 5.75 Å². The van der Waals surface area contributed by atoms with Crippen molar-refractivity contribution in [3.63, 3.8) is 0 Å². The second-order valence-corrected chi connectivity index (χ2v) is 5.61. The average molecular weight is 336 g/mol. The number of amides is 1. The number of aromatic nitrogens is 1. The van der Waals surface area contributed by atoms with Crippen LogP contribution in [-0.4, -0.2) is 10.9 Å². The van der Waals surface area contributed by atoms with Gasteiger partial charge >= 0.3 is 0 Å². The molecule has 126 valence electrons. The maximum absolute atomic E-state index is 13.4. The van der Waals surface area contributed by atoms with E-state index in [1.54, 1.807) is 25.1 Å². The number of rotatable bonds is 5. The van der Waals surface area contributed by atoms with E-state index in [0.717, 1.165) is 11.3 Å². The number of nitrogens with zero attached hydrogens (tertiary/aromatic N) is 1. The third kappa shape index (κ3) is 4.64. The van der Waals surface area contributed by atoms with Gasteiger partial charge in [-0.05, 0) is 55.0 Å². The first kappa shape index (κ1) is 16.6. The molecule has 0 aliphatic rings. The number of aryl methyl sites for hydroxylation is 1. The van der Waals surface area contributed by atoms with Gasteiger partial charge in [0.25, 0.3) is 5.91 Å². The summed E-state index contributed by atoms with van der Waals surface area (Å²) >= 11 is 0. The fourth-order valence-corrected chi connectivity index (χ4v) is 2.33. The van der Waals surface area contributed by atoms with E-state index in [1.165, 1.54) is 18.3 Å². The Hall–Kier alpha value is -3.21. The lowest BCUT2D eigenvalue weighted by atomic mass is 10.2. The summed E-state index contributed by atoms with van der Waals surface area (Å²) in [5.41, 5.74) is 2.26. The minimum Gasteiger partial charge on any atom is -0.487 e. The zero-order chi connectivity index (χ0) is 17.6. The van der Waals surface area contributed by atoms with Crippen LogP contribution in [0.3, 0.4) is 0 Å². The van der Waals surface area contributed by atoms with Gasteiger partial charge < -0.3 is 10.1 Å². The maximum atomic E-state index is 13.4. The second kappa shape index (κ2) is 7.57. The van der Waals surface area contributed by atoms with Crippen LogP contribution in [0.2, 0.25) is 0 Å². The van der Waals surface area contributed by atoms with Crippen LogP contribution in [-0.2, 0) is 6.61 Å². The van der Waals surface area contributed by atoms with Crippen molar-refractivity contribution in [2.24, 2.45) is 0 Å². The van der Waals surface area contributed by atoms with Gasteiger partial charge in [0, 0.05) is 11.9 Å². The largest absolute Gasteiger partial charge is 0.487 e. The van der Waals surface area contributed by atoms with Gasteiger partial charge in [-0.1, -0.05) is 18.2 Å². The fraction of sp³-hybridized carbons (Fsp3) is 0.100. The lowest BCUT2D eigenvalue weighted by Crippen LogP contribution is -2.13. The number of pyridine rings is 1. The first-order valence-electron chi connectivity index (χ1n) is 7.81. The molecular formula is C20H17FN2O2. The molecule has 0 spiro atoms. The van der Waals surface area contributed by atoms with E-state index in [4.69, 9.17) is 4.74 Å². The number of benzene rings is 2. The molecule has 5 heteroatoms. The minimum absolute atomic E-state index is 0.314. The molecule has 0 radical (unpaired) electrons. The Bertz CT molecular complexity index is 844. The molecular weight excluding hydrogens is 319 g/mol. The molecule has 0 saturated carbocycles. The van der Waals surface area contributed by atoms with Gasteiger partial charge in [-0.25, -0.2) is 4.39 Å². The van der Waals surface area contributed by atoms with Gasteiger partial charge in [0.2, 0.25) is 0 Å². The Morgan fingerprint density at radius 3 is 2.60 bits per heavy atom. The van der Waals surface area contributed by atoms with Crippen LogP contribution < -0.4 is 10.1 Å². The monoisotopic (exact) mass is 336 g/mol. The van der Waals surface area contributed by atoms with Crippen LogP contribution >= 0.6 is 0 Å². The average Bonchev–Trinajstić information content (AvgIpc) is 2.60. The topological polar surface area (TPSA) is 51.2 Å². The van der Waals surface area contributed by atoms with Gasteiger partial charge in [0.05, 0.1) is 11.3 Å². The number of carbonyl (C=O) groups excluding carboxylic acids is 1. The first-order chi connectivity index (χ1) is 12.1. The van der Waals surface area contributed by atoms with Crippen molar-refractivity contribution < 1.29 is 13.9 Å². The summed E-state index contributed by atoms with van der Waals surface area (Å²) in [7, 11) is 0. The van der Waals surface area contributed by atoms with E-state index in [2.05, 4.69) is 10.3 Å². The normalized spacial score (nSPS) is 10.3. The summed E-state index contributed by atoms with van der Waals surface area (Å²) in [5, 5.41) is 2.67. The zero-order valence-electron chi connectivity index (χ0n) is 13.7. The molecule has 0 saturated heterocycles. The predicted octanol–water partition coefficient (Wildman–Crippen LogP) is 4.36. The van der Waals surface area contributed by atoms with Gasteiger partial charge in [0.1, 0.15) is 18.2 Å². The summed E-state index contributed by atoms with van der Waals surface area (Å²) in [5.74, 6) is 0.0301. The third-order valence-electron chi connectivity index (χ3n) is 3.52. The molecule has 1 amide bonds. The summed E-state index contributed by atoms with van der Waals surface area (Å²) in [4.78, 5) is 16.5. The van der Waals surface area contributed by atoms with Gasteiger partial charge in [-0.15, -0.1) is 0 Å². The Balaban J connectivity index is 1.62. The molecule has 0 fully saturated rings. The molecule has 25 heavy (non-hydrogen) atoms. The number of nitrogens with one attached hydrogen (secondary N) is 1. The van der Waals surface area contributed by atoms with Crippen LogP contribution in [0.25, 0.3) is 0 Å². The quantitative estimate of drug-likeness (QED) is 0.753. The number of carbonyl (C=O) groups is 1. The predicted molar refractivity (Wildman–Crippen MR) is 94.1 cm³/mol. The molecule has 0 aliphatic heterocycles. The summed E-state index contributed by atoms with van der Waals surface area (Å²) in [6.45, 7) is 2.08. The van der Waals surface area contributed by atoms with Gasteiger partial charge in [-0.3, -0.25) is 9.78 Å². The SMILES string of the molecule is Cc1cc(F)cc(NC(=O)c2ccc(COc3ccccc3)nc2)c1. The van der Waals surface area contributed by atoms with Gasteiger partial charge in [0.15, 0.2) is 0 Å². The van der Waals surface area contributed by atoms with E-state index in [0.29, 0.717) is 23.6 Å². The van der Waals surface area contributed by atoms with Crippen molar-refractivity contribution in [2.75, 3.05) is 5.32 Å². The third-order valence-corrected chi connectivity index (χ3v) is 3.52. The van der Waals surface area contributed by atoms with Crippen molar-refractivity contribution in [3.05, 3.63) is 89.5 Å². The van der Waals surface area contributed by atoms with Crippen LogP contribution in [0.1, 0.15) is 21.6 Å². The minimum atomic E-state index is -0.387. The first-order valence-corrected chi connectivity index (χ1v) is 7.81. The van der Waals surface area contributed by atoms with Crippen molar-refractivity contribution >= 4 is 11.6 Å². The van der Waals surface area contributed by atoms with Crippen LogP contribution in [0.15, 0.2) is 66.9 Å². The van der Waals surface area contributed by atoms with Gasteiger partial charge in [-0.2, -0.15) is 0 Å². The van der Waals surface area contributed by atoms with Crippen molar-refractivity contribution in [2.45, 2.75) is 13.5 Å². The highest BCUT2D eigenvalue weighted by molar-refractivity contribution is 6.04. The Kier molecular flexibility index (Phi) is 5.04. The van der Waals surface area contributed by atoms with E-state index >= 15 is 0 Å². The molecule has 1 aromatic heterocycles. The van der Waals surface area contributed by atoms with E-state index in [-0.39, 0.29) is 11.7 Å². The van der Waals surface area contributed by atoms with E-state index in [9.17, 15) is 9.18 Å². The van der Waals surface area contributed by atoms with Crippen LogP contribution in [0.5, 0.6) is 5.75 Å². The summed E-state index contributed by atoms with van der Waals surface area (Å²) < 4.78 is 19.0. The molecule has 4 nitrogen and oxygen atoms in total. The number of hydrogen-bond donors (Lipinski definition) is 1. The standard InChI is InChI=1S/C20H17FN2O2/c1-14-9-16(21)11-18(10-14)23-20(24)15-7-8-17(22-12-15)13-25-19-5-3-2-4-6-19/h2-12H,13H2,1H3,(H,23,24). The zero-order valence-corrected chi connectivity index (χ0v) is 13.7. The number of ether oxygens (including phenoxy) is 1. The number of hydrogen-bond acceptors (Lipinski definition) is 3. The molecule has 0 bridgehead atoms. The fourth-order valence-electron chi connectivity index (χ4n) is 2.33. The number of anilines is 1. The summed E-state index contributed by atoms with van der Waals surface area (Å²) in [6.07, 6.45) is 1.48. The number of para-hydroxylation sites is 1. The van der Waals surface area contributed by atoms with Crippen molar-refractivity contribution in [1.29, 1.82) is 0 Å². The highest BCUT2D eigenvalue weighted by atomic mass is 19.1. The molecule has 1 heterocycles. The highest BCUT2D eigenvalue weighted by Gasteiger charge is 2.08. The van der Waals surface area contributed by atoms with Crippen molar-refractivity contribution in [1.82, 2.24) is 4.98 Å². The maximum Gasteiger partial charge on any atom is 0.257 e. The lowest BCUT2D eigenvalue weighted by molar-refractivity contribution is 0.102. The molecule has 3 aromatic rings. The Labute approximate surface area is 145 Å².